The van der Waals surface area contributed by atoms with E-state index >= 15 is 0 Å². The molecule has 0 bridgehead atoms. The number of thiazole rings is 2. The van der Waals surface area contributed by atoms with Gasteiger partial charge in [0, 0.05) is 29.5 Å². The lowest BCUT2D eigenvalue weighted by molar-refractivity contribution is 0.662. The lowest BCUT2D eigenvalue weighted by Gasteiger charge is -2.13. The maximum atomic E-state index is 4.48. The summed E-state index contributed by atoms with van der Waals surface area (Å²) in [5.74, 6) is 0. The summed E-state index contributed by atoms with van der Waals surface area (Å²) in [4.78, 5) is 12.3. The van der Waals surface area contributed by atoms with Crippen LogP contribution in [-0.2, 0) is 6.54 Å². The van der Waals surface area contributed by atoms with Gasteiger partial charge in [-0.2, -0.15) is 0 Å². The molecule has 0 radical (unpaired) electrons. The van der Waals surface area contributed by atoms with Crippen LogP contribution >= 0.6 is 22.7 Å². The van der Waals surface area contributed by atoms with Gasteiger partial charge in [-0.25, -0.2) is 9.97 Å². The number of hydrogen-bond acceptors (Lipinski definition) is 6. The summed E-state index contributed by atoms with van der Waals surface area (Å²) >= 11 is 3.42. The maximum absolute atomic E-state index is 4.48. The molecule has 0 fully saturated rings. The van der Waals surface area contributed by atoms with E-state index in [2.05, 4.69) is 39.5 Å². The highest BCUT2D eigenvalue weighted by Crippen LogP contribution is 2.27. The highest BCUT2D eigenvalue weighted by molar-refractivity contribution is 7.15. The number of anilines is 1. The van der Waals surface area contributed by atoms with Crippen molar-refractivity contribution in [2.45, 2.75) is 26.4 Å². The number of nitrogens with zero attached hydrogens (tertiary/aromatic N) is 3. The van der Waals surface area contributed by atoms with E-state index < -0.39 is 0 Å². The molecule has 0 saturated carbocycles. The minimum absolute atomic E-state index is 0.353. The summed E-state index contributed by atoms with van der Waals surface area (Å²) in [6.07, 6.45) is 1.95. The third kappa shape index (κ3) is 3.07. The van der Waals surface area contributed by atoms with Gasteiger partial charge < -0.3 is 10.2 Å². The van der Waals surface area contributed by atoms with Crippen LogP contribution < -0.4 is 10.2 Å². The summed E-state index contributed by atoms with van der Waals surface area (Å²) in [5.41, 5.74) is 1.11. The normalized spacial score (nSPS) is 12.7. The molecule has 0 saturated heterocycles. The molecule has 18 heavy (non-hydrogen) atoms. The van der Waals surface area contributed by atoms with Crippen molar-refractivity contribution in [2.24, 2.45) is 0 Å². The molecule has 4 nitrogen and oxygen atoms in total. The second kappa shape index (κ2) is 5.77. The van der Waals surface area contributed by atoms with E-state index in [9.17, 15) is 0 Å². The van der Waals surface area contributed by atoms with Crippen molar-refractivity contribution in [3.05, 3.63) is 27.2 Å². The smallest absolute Gasteiger partial charge is 0.185 e. The highest BCUT2D eigenvalue weighted by Gasteiger charge is 2.12. The monoisotopic (exact) mass is 282 g/mol. The fourth-order valence-electron chi connectivity index (χ4n) is 1.59. The summed E-state index contributed by atoms with van der Waals surface area (Å²) in [6.45, 7) is 4.98. The van der Waals surface area contributed by atoms with Crippen LogP contribution in [0.4, 0.5) is 5.13 Å². The zero-order valence-corrected chi connectivity index (χ0v) is 12.7. The van der Waals surface area contributed by atoms with Crippen LogP contribution in [0.1, 0.15) is 28.5 Å². The Morgan fingerprint density at radius 3 is 2.89 bits per heavy atom. The minimum Gasteiger partial charge on any atom is -0.345 e. The molecule has 0 aromatic carbocycles. The average Bonchev–Trinajstić information content (AvgIpc) is 2.97. The van der Waals surface area contributed by atoms with Gasteiger partial charge in [0.25, 0.3) is 0 Å². The van der Waals surface area contributed by atoms with Crippen LogP contribution in [0.5, 0.6) is 0 Å². The molecule has 0 aliphatic rings. The first-order chi connectivity index (χ1) is 8.60. The number of nitrogens with one attached hydrogen (secondary N) is 1. The predicted molar refractivity (Wildman–Crippen MR) is 78.5 cm³/mol. The van der Waals surface area contributed by atoms with Crippen molar-refractivity contribution in [2.75, 3.05) is 19.0 Å². The Hall–Kier alpha value is -0.980. The zero-order valence-electron chi connectivity index (χ0n) is 11.1. The van der Waals surface area contributed by atoms with Crippen LogP contribution in [0.3, 0.4) is 0 Å². The number of aryl methyl sites for hydroxylation is 1. The standard InChI is InChI=1S/C12H18N4S2/c1-8(13-3)11-5-14-12(18-11)16(4)6-10-7-17-9(2)15-10/h5,7-8,13H,6H2,1-4H3. The van der Waals surface area contributed by atoms with E-state index in [0.717, 1.165) is 22.4 Å². The molecule has 2 rings (SSSR count). The Bertz CT molecular complexity index is 506. The largest absolute Gasteiger partial charge is 0.345 e. The average molecular weight is 282 g/mol. The maximum Gasteiger partial charge on any atom is 0.185 e. The quantitative estimate of drug-likeness (QED) is 0.915. The van der Waals surface area contributed by atoms with Crippen molar-refractivity contribution >= 4 is 27.8 Å². The van der Waals surface area contributed by atoms with Gasteiger partial charge in [-0.1, -0.05) is 0 Å². The molecule has 0 amide bonds. The first-order valence-electron chi connectivity index (χ1n) is 5.85. The fourth-order valence-corrected chi connectivity index (χ4v) is 3.13. The minimum atomic E-state index is 0.353. The fraction of sp³-hybridized carbons (Fsp3) is 0.500. The van der Waals surface area contributed by atoms with Crippen molar-refractivity contribution in [3.63, 3.8) is 0 Å². The van der Waals surface area contributed by atoms with Gasteiger partial charge in [0.15, 0.2) is 5.13 Å². The van der Waals surface area contributed by atoms with Crippen LogP contribution in [0.15, 0.2) is 11.6 Å². The topological polar surface area (TPSA) is 41.1 Å². The van der Waals surface area contributed by atoms with E-state index in [4.69, 9.17) is 0 Å². The van der Waals surface area contributed by atoms with E-state index in [1.165, 1.54) is 4.88 Å². The third-order valence-electron chi connectivity index (χ3n) is 2.76. The second-order valence-corrected chi connectivity index (χ2v) is 6.37. The number of rotatable bonds is 5. The molecule has 2 aromatic rings. The van der Waals surface area contributed by atoms with Crippen LogP contribution in [0, 0.1) is 6.92 Å². The SMILES string of the molecule is CNC(C)c1cnc(N(C)Cc2csc(C)n2)s1. The first-order valence-corrected chi connectivity index (χ1v) is 7.55. The Balaban J connectivity index is 2.04. The molecule has 6 heteroatoms. The molecule has 1 N–H and O–H groups in total. The predicted octanol–water partition coefficient (Wildman–Crippen LogP) is 2.82. The van der Waals surface area contributed by atoms with Gasteiger partial charge in [-0.3, -0.25) is 0 Å². The van der Waals surface area contributed by atoms with Crippen molar-refractivity contribution in [3.8, 4) is 0 Å². The molecule has 0 aliphatic heterocycles. The first kappa shape index (κ1) is 13.5. The van der Waals surface area contributed by atoms with E-state index in [0.29, 0.717) is 6.04 Å². The molecule has 1 atom stereocenters. The van der Waals surface area contributed by atoms with Crippen LogP contribution in [0.2, 0.25) is 0 Å². The Labute approximate surface area is 116 Å². The molecule has 2 heterocycles. The van der Waals surface area contributed by atoms with Gasteiger partial charge in [-0.15, -0.1) is 22.7 Å². The third-order valence-corrected chi connectivity index (χ3v) is 4.88. The Morgan fingerprint density at radius 1 is 1.50 bits per heavy atom. The molecular formula is C12H18N4S2. The molecule has 0 spiro atoms. The van der Waals surface area contributed by atoms with Crippen LogP contribution in [-0.4, -0.2) is 24.1 Å². The van der Waals surface area contributed by atoms with Crippen LogP contribution in [0.25, 0.3) is 0 Å². The van der Waals surface area contributed by atoms with Gasteiger partial charge in [0.1, 0.15) is 0 Å². The summed E-state index contributed by atoms with van der Waals surface area (Å²) in [6, 6.07) is 0.353. The van der Waals surface area contributed by atoms with Crippen molar-refractivity contribution in [1.82, 2.24) is 15.3 Å². The van der Waals surface area contributed by atoms with E-state index in [1.54, 1.807) is 22.7 Å². The molecule has 1 unspecified atom stereocenters. The van der Waals surface area contributed by atoms with Gasteiger partial charge in [0.2, 0.25) is 0 Å². The summed E-state index contributed by atoms with van der Waals surface area (Å²) in [7, 11) is 4.02. The molecule has 2 aromatic heterocycles. The molecule has 98 valence electrons. The summed E-state index contributed by atoms with van der Waals surface area (Å²) in [5, 5.41) is 7.49. The van der Waals surface area contributed by atoms with Gasteiger partial charge >= 0.3 is 0 Å². The van der Waals surface area contributed by atoms with Crippen molar-refractivity contribution < 1.29 is 0 Å². The zero-order chi connectivity index (χ0) is 13.1. The van der Waals surface area contributed by atoms with Gasteiger partial charge in [-0.05, 0) is 20.9 Å². The molecular weight excluding hydrogens is 264 g/mol. The highest BCUT2D eigenvalue weighted by atomic mass is 32.1. The van der Waals surface area contributed by atoms with E-state index in [1.807, 2.05) is 20.2 Å². The van der Waals surface area contributed by atoms with E-state index in [-0.39, 0.29) is 0 Å². The number of hydrogen-bond donors (Lipinski definition) is 1. The van der Waals surface area contributed by atoms with Crippen molar-refractivity contribution in [1.29, 1.82) is 0 Å². The van der Waals surface area contributed by atoms with Gasteiger partial charge in [0.05, 0.1) is 17.2 Å². The summed E-state index contributed by atoms with van der Waals surface area (Å²) < 4.78 is 0. The Morgan fingerprint density at radius 2 is 2.28 bits per heavy atom. The number of aromatic nitrogens is 2. The second-order valence-electron chi connectivity index (χ2n) is 4.27. The Kier molecular flexibility index (Phi) is 4.31. The lowest BCUT2D eigenvalue weighted by atomic mass is 10.3. The lowest BCUT2D eigenvalue weighted by Crippen LogP contribution is -2.16. The molecule has 0 aliphatic carbocycles.